The molecule has 4 nitrogen and oxygen atoms in total. The van der Waals surface area contributed by atoms with Crippen LogP contribution in [0, 0.1) is 0 Å². The maximum Gasteiger partial charge on any atom is 0.151 e. The van der Waals surface area contributed by atoms with Crippen molar-refractivity contribution >= 4 is 11.6 Å². The van der Waals surface area contributed by atoms with E-state index in [-0.39, 0.29) is 6.10 Å². The van der Waals surface area contributed by atoms with Crippen molar-refractivity contribution in [3.8, 4) is 0 Å². The predicted octanol–water partition coefficient (Wildman–Crippen LogP) is 1.33. The molecule has 0 radical (unpaired) electrons. The van der Waals surface area contributed by atoms with Crippen molar-refractivity contribution in [3.63, 3.8) is 0 Å². The average Bonchev–Trinajstić information content (AvgIpc) is 2.19. The van der Waals surface area contributed by atoms with E-state index in [9.17, 15) is 0 Å². The molecule has 0 aromatic carbocycles. The van der Waals surface area contributed by atoms with Gasteiger partial charge in [0.1, 0.15) is 0 Å². The molecule has 1 N–H and O–H groups in total. The van der Waals surface area contributed by atoms with Crippen LogP contribution in [-0.2, 0) is 6.54 Å². The van der Waals surface area contributed by atoms with E-state index in [1.54, 1.807) is 13.0 Å². The van der Waals surface area contributed by atoms with Gasteiger partial charge in [0, 0.05) is 13.1 Å². The Morgan fingerprint density at radius 3 is 2.73 bits per heavy atom. The molecule has 0 saturated carbocycles. The van der Waals surface area contributed by atoms with Crippen LogP contribution in [0.3, 0.4) is 0 Å². The molecule has 1 aromatic heterocycles. The molecule has 5 heteroatoms. The second-order valence-electron chi connectivity index (χ2n) is 3.72. The van der Waals surface area contributed by atoms with Crippen LogP contribution in [0.25, 0.3) is 0 Å². The number of rotatable bonds is 5. The van der Waals surface area contributed by atoms with Gasteiger partial charge in [-0.25, -0.2) is 0 Å². The van der Waals surface area contributed by atoms with Crippen molar-refractivity contribution in [2.24, 2.45) is 0 Å². The first kappa shape index (κ1) is 12.4. The molecule has 15 heavy (non-hydrogen) atoms. The highest BCUT2D eigenvalue weighted by atomic mass is 35.5. The summed E-state index contributed by atoms with van der Waals surface area (Å²) in [6.07, 6.45) is 0.501. The molecule has 1 rings (SSSR count). The van der Waals surface area contributed by atoms with Gasteiger partial charge in [0.25, 0.3) is 0 Å². The van der Waals surface area contributed by atoms with Gasteiger partial charge < -0.3 is 10.0 Å². The number of hydrogen-bond donors (Lipinski definition) is 1. The van der Waals surface area contributed by atoms with Crippen LogP contribution in [0.2, 0.25) is 5.15 Å². The molecular formula is C10H16ClN3O. The van der Waals surface area contributed by atoms with Gasteiger partial charge in [-0.3, -0.25) is 0 Å². The summed E-state index contributed by atoms with van der Waals surface area (Å²) in [5.74, 6) is 0. The third kappa shape index (κ3) is 5.06. The Morgan fingerprint density at radius 2 is 2.20 bits per heavy atom. The third-order valence-electron chi connectivity index (χ3n) is 2.05. The molecule has 1 atom stereocenters. The van der Waals surface area contributed by atoms with Gasteiger partial charge in [-0.2, -0.15) is 5.10 Å². The highest BCUT2D eigenvalue weighted by Gasteiger charge is 2.03. The Bertz CT molecular complexity index is 289. The fraction of sp³-hybridized carbons (Fsp3) is 0.600. The normalized spacial score (nSPS) is 13.1. The monoisotopic (exact) mass is 229 g/mol. The molecule has 0 fully saturated rings. The van der Waals surface area contributed by atoms with Gasteiger partial charge in [0.15, 0.2) is 5.15 Å². The number of nitrogens with zero attached hydrogens (tertiary/aromatic N) is 3. The first-order valence-electron chi connectivity index (χ1n) is 4.92. The van der Waals surface area contributed by atoms with Gasteiger partial charge in [-0.1, -0.05) is 11.6 Å². The molecule has 0 spiro atoms. The highest BCUT2D eigenvalue weighted by Crippen LogP contribution is 2.04. The molecule has 0 bridgehead atoms. The van der Waals surface area contributed by atoms with Crippen LogP contribution in [0.1, 0.15) is 19.0 Å². The lowest BCUT2D eigenvalue weighted by Gasteiger charge is -2.16. The Morgan fingerprint density at radius 1 is 1.47 bits per heavy atom. The van der Waals surface area contributed by atoms with E-state index in [1.165, 1.54) is 0 Å². The summed E-state index contributed by atoms with van der Waals surface area (Å²) in [5.41, 5.74) is 0.882. The first-order chi connectivity index (χ1) is 7.08. The Balaban J connectivity index is 2.37. The molecule has 1 heterocycles. The van der Waals surface area contributed by atoms with Gasteiger partial charge in [0.2, 0.25) is 0 Å². The highest BCUT2D eigenvalue weighted by molar-refractivity contribution is 6.29. The summed E-state index contributed by atoms with van der Waals surface area (Å²) in [6, 6.07) is 3.58. The van der Waals surface area contributed by atoms with Crippen molar-refractivity contribution in [1.29, 1.82) is 0 Å². The number of aromatic nitrogens is 2. The number of aliphatic hydroxyl groups excluding tert-OH is 1. The SMILES string of the molecule is CC(O)CCN(C)Cc1ccc(Cl)nn1. The molecule has 0 aliphatic carbocycles. The van der Waals surface area contributed by atoms with Crippen molar-refractivity contribution in [2.45, 2.75) is 26.0 Å². The summed E-state index contributed by atoms with van der Waals surface area (Å²) < 4.78 is 0. The van der Waals surface area contributed by atoms with Crippen molar-refractivity contribution in [3.05, 3.63) is 23.0 Å². The van der Waals surface area contributed by atoms with E-state index in [0.717, 1.165) is 25.2 Å². The van der Waals surface area contributed by atoms with Crippen molar-refractivity contribution in [2.75, 3.05) is 13.6 Å². The zero-order chi connectivity index (χ0) is 11.3. The van der Waals surface area contributed by atoms with Crippen molar-refractivity contribution in [1.82, 2.24) is 15.1 Å². The zero-order valence-electron chi connectivity index (χ0n) is 9.02. The van der Waals surface area contributed by atoms with Crippen LogP contribution < -0.4 is 0 Å². The maximum absolute atomic E-state index is 9.13. The fourth-order valence-corrected chi connectivity index (χ4v) is 1.29. The lowest BCUT2D eigenvalue weighted by Crippen LogP contribution is -2.22. The minimum Gasteiger partial charge on any atom is -0.393 e. The molecule has 0 aliphatic heterocycles. The second-order valence-corrected chi connectivity index (χ2v) is 4.11. The van der Waals surface area contributed by atoms with E-state index < -0.39 is 0 Å². The van der Waals surface area contributed by atoms with E-state index in [4.69, 9.17) is 16.7 Å². The van der Waals surface area contributed by atoms with Gasteiger partial charge in [-0.15, -0.1) is 5.10 Å². The summed E-state index contributed by atoms with van der Waals surface area (Å²) in [6.45, 7) is 3.34. The smallest absolute Gasteiger partial charge is 0.151 e. The largest absolute Gasteiger partial charge is 0.393 e. The Kier molecular flexibility index (Phi) is 4.94. The fourth-order valence-electron chi connectivity index (χ4n) is 1.19. The maximum atomic E-state index is 9.13. The topological polar surface area (TPSA) is 49.2 Å². The molecular weight excluding hydrogens is 214 g/mol. The van der Waals surface area contributed by atoms with Gasteiger partial charge in [0.05, 0.1) is 11.8 Å². The van der Waals surface area contributed by atoms with Crippen LogP contribution in [0.15, 0.2) is 12.1 Å². The van der Waals surface area contributed by atoms with Crippen molar-refractivity contribution < 1.29 is 5.11 Å². The van der Waals surface area contributed by atoms with Crippen LogP contribution >= 0.6 is 11.6 Å². The van der Waals surface area contributed by atoms with E-state index in [2.05, 4.69) is 15.1 Å². The first-order valence-corrected chi connectivity index (χ1v) is 5.30. The van der Waals surface area contributed by atoms with Crippen LogP contribution in [0.4, 0.5) is 0 Å². The summed E-state index contributed by atoms with van der Waals surface area (Å²) in [4.78, 5) is 2.09. The lowest BCUT2D eigenvalue weighted by atomic mass is 10.2. The van der Waals surface area contributed by atoms with E-state index in [1.807, 2.05) is 13.1 Å². The molecule has 84 valence electrons. The van der Waals surface area contributed by atoms with Crippen LogP contribution in [0.5, 0.6) is 0 Å². The Labute approximate surface area is 94.9 Å². The quantitative estimate of drug-likeness (QED) is 0.828. The summed E-state index contributed by atoms with van der Waals surface area (Å²) in [7, 11) is 1.98. The van der Waals surface area contributed by atoms with Crippen LogP contribution in [-0.4, -0.2) is 39.9 Å². The average molecular weight is 230 g/mol. The van der Waals surface area contributed by atoms with Gasteiger partial charge >= 0.3 is 0 Å². The standard InChI is InChI=1S/C10H16ClN3O/c1-8(15)5-6-14(2)7-9-3-4-10(11)13-12-9/h3-4,8,15H,5-7H2,1-2H3. The molecule has 0 aliphatic rings. The zero-order valence-corrected chi connectivity index (χ0v) is 9.78. The lowest BCUT2D eigenvalue weighted by molar-refractivity contribution is 0.162. The third-order valence-corrected chi connectivity index (χ3v) is 2.25. The minimum atomic E-state index is -0.260. The minimum absolute atomic E-state index is 0.260. The molecule has 1 unspecified atom stereocenters. The number of hydrogen-bond acceptors (Lipinski definition) is 4. The molecule has 0 saturated heterocycles. The number of halogens is 1. The molecule has 0 amide bonds. The second kappa shape index (κ2) is 6.00. The summed E-state index contributed by atoms with van der Waals surface area (Å²) in [5, 5.41) is 17.3. The predicted molar refractivity (Wildman–Crippen MR) is 59.7 cm³/mol. The Hall–Kier alpha value is -0.710. The summed E-state index contributed by atoms with van der Waals surface area (Å²) >= 11 is 5.63. The van der Waals surface area contributed by atoms with E-state index >= 15 is 0 Å². The van der Waals surface area contributed by atoms with E-state index in [0.29, 0.717) is 5.15 Å². The van der Waals surface area contributed by atoms with Gasteiger partial charge in [-0.05, 0) is 32.5 Å². The molecule has 1 aromatic rings. The number of aliphatic hydroxyl groups is 1.